The molecule has 3 aromatic rings. The number of carbonyl (C=O) groups excluding carboxylic acids is 3. The predicted molar refractivity (Wildman–Crippen MR) is 132 cm³/mol. The highest BCUT2D eigenvalue weighted by Gasteiger charge is 2.54. The van der Waals surface area contributed by atoms with Gasteiger partial charge in [-0.1, -0.05) is 60.7 Å². The molecule has 35 heavy (non-hydrogen) atoms. The molecule has 0 bridgehead atoms. The average molecular weight is 468 g/mol. The van der Waals surface area contributed by atoms with Crippen LogP contribution in [-0.4, -0.2) is 39.1 Å². The van der Waals surface area contributed by atoms with Gasteiger partial charge < -0.3 is 4.90 Å². The summed E-state index contributed by atoms with van der Waals surface area (Å²) in [5.41, 5.74) is 1.41. The Balaban J connectivity index is 1.44. The second-order valence-electron chi connectivity index (χ2n) is 9.65. The third kappa shape index (κ3) is 5.02. The van der Waals surface area contributed by atoms with Crippen molar-refractivity contribution in [2.24, 2.45) is 5.92 Å². The molecule has 0 N–H and O–H groups in total. The fraction of sp³-hybridized carbons (Fsp3) is 0.310. The van der Waals surface area contributed by atoms with Crippen molar-refractivity contribution in [2.75, 3.05) is 6.54 Å². The van der Waals surface area contributed by atoms with E-state index in [4.69, 9.17) is 0 Å². The number of rotatable bonds is 9. The number of imide groups is 1. The molecular weight excluding hydrogens is 438 g/mol. The predicted octanol–water partition coefficient (Wildman–Crippen LogP) is 4.11. The van der Waals surface area contributed by atoms with Gasteiger partial charge in [0.25, 0.3) is 0 Å². The number of amides is 3. The number of hydrogen-bond donors (Lipinski definition) is 0. The molecule has 2 aliphatic rings. The van der Waals surface area contributed by atoms with E-state index in [1.807, 2.05) is 65.6 Å². The van der Waals surface area contributed by atoms with Crippen LogP contribution in [0.2, 0.25) is 0 Å². The van der Waals surface area contributed by atoms with Crippen molar-refractivity contribution in [1.82, 2.24) is 14.8 Å². The Labute approximate surface area is 205 Å². The van der Waals surface area contributed by atoms with Crippen molar-refractivity contribution < 1.29 is 14.4 Å². The standard InChI is InChI=1S/C29H29N3O3/c33-26(31(20-23-11-12-23)19-22-7-3-1-4-8-22)17-29(25-9-5-2-6-10-25)18-27(34)32(28(29)35)21-24-13-15-30-16-14-24/h1-10,13-16,23H,11-12,17-21H2. The molecule has 6 heteroatoms. The lowest BCUT2D eigenvalue weighted by Crippen LogP contribution is -2.43. The molecule has 1 atom stereocenters. The summed E-state index contributed by atoms with van der Waals surface area (Å²) in [6, 6.07) is 22.8. The number of aromatic nitrogens is 1. The molecule has 0 radical (unpaired) electrons. The lowest BCUT2D eigenvalue weighted by atomic mass is 9.75. The zero-order valence-corrected chi connectivity index (χ0v) is 19.7. The number of benzene rings is 2. The monoisotopic (exact) mass is 467 g/mol. The Morgan fingerprint density at radius 1 is 0.914 bits per heavy atom. The minimum absolute atomic E-state index is 0.00469. The highest BCUT2D eigenvalue weighted by molar-refractivity contribution is 6.10. The van der Waals surface area contributed by atoms with Gasteiger partial charge in [0, 0.05) is 38.3 Å². The van der Waals surface area contributed by atoms with Gasteiger partial charge in [0.1, 0.15) is 0 Å². The van der Waals surface area contributed by atoms with Crippen LogP contribution in [0.5, 0.6) is 0 Å². The van der Waals surface area contributed by atoms with E-state index in [2.05, 4.69) is 4.98 Å². The SMILES string of the molecule is O=C(CC1(c2ccccc2)CC(=O)N(Cc2ccncc2)C1=O)N(Cc1ccccc1)CC1CC1. The first-order chi connectivity index (χ1) is 17.0. The molecule has 2 heterocycles. The van der Waals surface area contributed by atoms with Crippen LogP contribution in [0, 0.1) is 5.92 Å². The van der Waals surface area contributed by atoms with Crippen LogP contribution in [0.1, 0.15) is 42.4 Å². The Morgan fingerprint density at radius 3 is 2.23 bits per heavy atom. The molecule has 1 aliphatic carbocycles. The van der Waals surface area contributed by atoms with E-state index in [0.29, 0.717) is 19.0 Å². The van der Waals surface area contributed by atoms with E-state index >= 15 is 0 Å². The first-order valence-corrected chi connectivity index (χ1v) is 12.2. The smallest absolute Gasteiger partial charge is 0.241 e. The van der Waals surface area contributed by atoms with Crippen molar-refractivity contribution in [2.45, 2.75) is 44.2 Å². The second-order valence-corrected chi connectivity index (χ2v) is 9.65. The van der Waals surface area contributed by atoms with Gasteiger partial charge in [-0.05, 0) is 47.6 Å². The quantitative estimate of drug-likeness (QED) is 0.444. The van der Waals surface area contributed by atoms with E-state index in [1.54, 1.807) is 24.5 Å². The van der Waals surface area contributed by atoms with Gasteiger partial charge in [-0.2, -0.15) is 0 Å². The third-order valence-electron chi connectivity index (χ3n) is 7.02. The first-order valence-electron chi connectivity index (χ1n) is 12.2. The summed E-state index contributed by atoms with van der Waals surface area (Å²) in [5, 5.41) is 0. The minimum Gasteiger partial charge on any atom is -0.338 e. The second kappa shape index (κ2) is 9.82. The number of nitrogens with zero attached hydrogens (tertiary/aromatic N) is 3. The summed E-state index contributed by atoms with van der Waals surface area (Å²) >= 11 is 0. The van der Waals surface area contributed by atoms with E-state index in [1.165, 1.54) is 4.90 Å². The van der Waals surface area contributed by atoms with Crippen molar-refractivity contribution in [3.05, 3.63) is 102 Å². The van der Waals surface area contributed by atoms with Gasteiger partial charge in [-0.15, -0.1) is 0 Å². The third-order valence-corrected chi connectivity index (χ3v) is 7.02. The number of hydrogen-bond acceptors (Lipinski definition) is 4. The fourth-order valence-electron chi connectivity index (χ4n) is 4.89. The lowest BCUT2D eigenvalue weighted by Gasteiger charge is -2.31. The van der Waals surface area contributed by atoms with Gasteiger partial charge >= 0.3 is 0 Å². The molecule has 1 saturated heterocycles. The highest BCUT2D eigenvalue weighted by atomic mass is 16.2. The maximum atomic E-state index is 13.9. The first kappa shape index (κ1) is 23.0. The van der Waals surface area contributed by atoms with Crippen LogP contribution in [0.15, 0.2) is 85.2 Å². The average Bonchev–Trinajstić information content (AvgIpc) is 3.68. The van der Waals surface area contributed by atoms with Crippen LogP contribution in [0.4, 0.5) is 0 Å². The van der Waals surface area contributed by atoms with Gasteiger partial charge in [-0.25, -0.2) is 0 Å². The molecule has 2 aromatic carbocycles. The zero-order valence-electron chi connectivity index (χ0n) is 19.7. The van der Waals surface area contributed by atoms with Gasteiger partial charge in [0.15, 0.2) is 0 Å². The van der Waals surface area contributed by atoms with Crippen LogP contribution in [-0.2, 0) is 32.9 Å². The Hall–Kier alpha value is -3.80. The van der Waals surface area contributed by atoms with Crippen molar-refractivity contribution >= 4 is 17.7 Å². The summed E-state index contributed by atoms with van der Waals surface area (Å²) in [7, 11) is 0. The molecule has 1 aliphatic heterocycles. The van der Waals surface area contributed by atoms with E-state index in [0.717, 1.165) is 29.5 Å². The molecule has 1 aromatic heterocycles. The summed E-state index contributed by atoms with van der Waals surface area (Å²) in [4.78, 5) is 48.1. The van der Waals surface area contributed by atoms with E-state index in [9.17, 15) is 14.4 Å². The molecule has 0 spiro atoms. The molecule has 2 fully saturated rings. The Bertz CT molecular complexity index is 1200. The Morgan fingerprint density at radius 2 is 1.57 bits per heavy atom. The maximum Gasteiger partial charge on any atom is 0.241 e. The fourth-order valence-corrected chi connectivity index (χ4v) is 4.89. The lowest BCUT2D eigenvalue weighted by molar-refractivity contribution is -0.143. The normalized spacial score (nSPS) is 19.7. The minimum atomic E-state index is -1.19. The molecule has 6 nitrogen and oxygen atoms in total. The van der Waals surface area contributed by atoms with Crippen molar-refractivity contribution in [3.8, 4) is 0 Å². The van der Waals surface area contributed by atoms with Gasteiger partial charge in [0.2, 0.25) is 17.7 Å². The number of likely N-dealkylation sites (tertiary alicyclic amines) is 1. The largest absolute Gasteiger partial charge is 0.338 e. The number of carbonyl (C=O) groups is 3. The van der Waals surface area contributed by atoms with E-state index in [-0.39, 0.29) is 37.1 Å². The Kier molecular flexibility index (Phi) is 6.45. The zero-order chi connectivity index (χ0) is 24.3. The van der Waals surface area contributed by atoms with Crippen molar-refractivity contribution in [3.63, 3.8) is 0 Å². The molecule has 3 amide bonds. The van der Waals surface area contributed by atoms with Crippen LogP contribution >= 0.6 is 0 Å². The molecular formula is C29H29N3O3. The van der Waals surface area contributed by atoms with Crippen LogP contribution in [0.3, 0.4) is 0 Å². The van der Waals surface area contributed by atoms with Gasteiger partial charge in [-0.3, -0.25) is 24.3 Å². The molecule has 178 valence electrons. The maximum absolute atomic E-state index is 13.9. The van der Waals surface area contributed by atoms with Gasteiger partial charge in [0.05, 0.1) is 12.0 Å². The van der Waals surface area contributed by atoms with E-state index < -0.39 is 5.41 Å². The summed E-state index contributed by atoms with van der Waals surface area (Å²) in [6.45, 7) is 1.37. The molecule has 1 saturated carbocycles. The van der Waals surface area contributed by atoms with Crippen LogP contribution < -0.4 is 0 Å². The number of pyridine rings is 1. The van der Waals surface area contributed by atoms with Crippen LogP contribution in [0.25, 0.3) is 0 Å². The summed E-state index contributed by atoms with van der Waals surface area (Å²) in [6.07, 6.45) is 5.52. The molecule has 5 rings (SSSR count). The van der Waals surface area contributed by atoms with Crippen molar-refractivity contribution in [1.29, 1.82) is 0 Å². The highest BCUT2D eigenvalue weighted by Crippen LogP contribution is 2.41. The summed E-state index contributed by atoms with van der Waals surface area (Å²) in [5.74, 6) is -0.124. The topological polar surface area (TPSA) is 70.6 Å². The molecule has 1 unspecified atom stereocenters. The summed E-state index contributed by atoms with van der Waals surface area (Å²) < 4.78 is 0.